The van der Waals surface area contributed by atoms with Gasteiger partial charge in [-0.15, -0.1) is 0 Å². The first kappa shape index (κ1) is 21.0. The SMILES string of the molecule is CO[C@]12CCC3(C[C@@H]1[C@@H](O)c1ccccc1)C1Cc4c(C)cc(O)c5c4[C@@]3(CCN1C1CC1)[C@@H]2O5. The van der Waals surface area contributed by atoms with Crippen molar-refractivity contribution in [1.82, 2.24) is 4.90 Å². The van der Waals surface area contributed by atoms with Gasteiger partial charge in [-0.25, -0.2) is 0 Å². The molecule has 2 heterocycles. The number of nitrogens with zero attached hydrogens (tertiary/aromatic N) is 1. The summed E-state index contributed by atoms with van der Waals surface area (Å²) in [6.07, 6.45) is 6.83. The Hall–Kier alpha value is -2.08. The van der Waals surface area contributed by atoms with Crippen LogP contribution in [-0.2, 0) is 16.6 Å². The highest BCUT2D eigenvalue weighted by Crippen LogP contribution is 2.78. The molecule has 2 spiro atoms. The standard InChI is InChI=1S/C30H35NO4/c1-17-14-22(32)26-24-20(17)15-23-28-10-11-30(34-2,21(16-28)25(33)18-6-4-3-5-7-18)27(35-26)29(24,28)12-13-31(23)19-8-9-19/h3-7,14,19,21,23,25,27,32-33H,8-13,15-16H2,1-2H3/t21-,23?,25+,27+,28?,29+,30-/m1/s1. The molecule has 4 bridgehead atoms. The van der Waals surface area contributed by atoms with E-state index in [4.69, 9.17) is 9.47 Å². The third-order valence-corrected chi connectivity index (χ3v) is 11.3. The molecule has 2 aromatic rings. The molecule has 5 fully saturated rings. The van der Waals surface area contributed by atoms with E-state index >= 15 is 0 Å². The zero-order chi connectivity index (χ0) is 23.7. The predicted molar refractivity (Wildman–Crippen MR) is 132 cm³/mol. The number of benzene rings is 2. The molecule has 35 heavy (non-hydrogen) atoms. The average Bonchev–Trinajstić information content (AvgIpc) is 3.65. The Morgan fingerprint density at radius 3 is 2.69 bits per heavy atom. The number of aliphatic hydroxyl groups excluding tert-OH is 1. The van der Waals surface area contributed by atoms with Crippen LogP contribution in [0.15, 0.2) is 36.4 Å². The quantitative estimate of drug-likeness (QED) is 0.689. The van der Waals surface area contributed by atoms with Crippen molar-refractivity contribution >= 4 is 0 Å². The molecule has 0 aromatic heterocycles. The minimum atomic E-state index is -0.607. The number of phenolic OH excluding ortho intramolecular Hbond substituents is 1. The van der Waals surface area contributed by atoms with Crippen LogP contribution >= 0.6 is 0 Å². The van der Waals surface area contributed by atoms with E-state index in [2.05, 4.69) is 11.8 Å². The number of aliphatic hydroxyl groups is 1. The molecule has 0 amide bonds. The van der Waals surface area contributed by atoms with Crippen LogP contribution in [0.3, 0.4) is 0 Å². The van der Waals surface area contributed by atoms with Crippen LogP contribution in [0.1, 0.15) is 66.9 Å². The molecule has 4 saturated carbocycles. The zero-order valence-corrected chi connectivity index (χ0v) is 20.7. The number of rotatable bonds is 4. The summed E-state index contributed by atoms with van der Waals surface area (Å²) >= 11 is 0. The summed E-state index contributed by atoms with van der Waals surface area (Å²) in [6.45, 7) is 3.25. The van der Waals surface area contributed by atoms with Crippen molar-refractivity contribution in [2.75, 3.05) is 13.7 Å². The van der Waals surface area contributed by atoms with Crippen LogP contribution in [0.2, 0.25) is 0 Å². The number of aromatic hydroxyl groups is 1. The molecule has 7 atom stereocenters. The molecule has 1 saturated heterocycles. The molecule has 9 rings (SSSR count). The topological polar surface area (TPSA) is 62.2 Å². The maximum atomic E-state index is 11.9. The number of phenols is 1. The van der Waals surface area contributed by atoms with E-state index in [0.717, 1.165) is 44.2 Å². The van der Waals surface area contributed by atoms with Crippen molar-refractivity contribution < 1.29 is 19.7 Å². The van der Waals surface area contributed by atoms with Crippen molar-refractivity contribution in [1.29, 1.82) is 0 Å². The van der Waals surface area contributed by atoms with Gasteiger partial charge in [-0.2, -0.15) is 0 Å². The summed E-state index contributed by atoms with van der Waals surface area (Å²) in [7, 11) is 1.82. The van der Waals surface area contributed by atoms with Gasteiger partial charge in [0.25, 0.3) is 0 Å². The largest absolute Gasteiger partial charge is 0.504 e. The summed E-state index contributed by atoms with van der Waals surface area (Å²) in [5.41, 5.74) is 4.13. The summed E-state index contributed by atoms with van der Waals surface area (Å²) < 4.78 is 13.4. The van der Waals surface area contributed by atoms with Crippen LogP contribution in [0.4, 0.5) is 0 Å². The smallest absolute Gasteiger partial charge is 0.165 e. The van der Waals surface area contributed by atoms with E-state index < -0.39 is 11.7 Å². The third kappa shape index (κ3) is 2.24. The first-order chi connectivity index (χ1) is 17.0. The van der Waals surface area contributed by atoms with E-state index in [1.807, 2.05) is 43.5 Å². The number of hydrogen-bond acceptors (Lipinski definition) is 5. The Labute approximate surface area is 207 Å². The van der Waals surface area contributed by atoms with E-state index in [1.165, 1.54) is 29.5 Å². The molecule has 184 valence electrons. The lowest BCUT2D eigenvalue weighted by Crippen LogP contribution is -2.81. The molecule has 0 radical (unpaired) electrons. The second-order valence-corrected chi connectivity index (χ2v) is 12.3. The van der Waals surface area contributed by atoms with Gasteiger partial charge in [0, 0.05) is 41.5 Å². The summed E-state index contributed by atoms with van der Waals surface area (Å²) in [4.78, 5) is 2.84. The van der Waals surface area contributed by atoms with Gasteiger partial charge in [-0.05, 0) is 81.2 Å². The molecule has 2 N–H and O–H groups in total. The molecule has 5 nitrogen and oxygen atoms in total. The Morgan fingerprint density at radius 1 is 1.14 bits per heavy atom. The lowest BCUT2D eigenvalue weighted by Gasteiger charge is -2.74. The monoisotopic (exact) mass is 473 g/mol. The summed E-state index contributed by atoms with van der Waals surface area (Å²) in [5.74, 6) is 0.924. The molecule has 7 aliphatic rings. The highest BCUT2D eigenvalue weighted by molar-refractivity contribution is 5.65. The Balaban J connectivity index is 1.38. The van der Waals surface area contributed by atoms with E-state index in [9.17, 15) is 10.2 Å². The van der Waals surface area contributed by atoms with E-state index in [1.54, 1.807) is 0 Å². The highest BCUT2D eigenvalue weighted by atomic mass is 16.6. The summed E-state index contributed by atoms with van der Waals surface area (Å²) in [5, 5.41) is 23.0. The van der Waals surface area contributed by atoms with Gasteiger partial charge in [0.15, 0.2) is 11.5 Å². The predicted octanol–water partition coefficient (Wildman–Crippen LogP) is 4.41. The fourth-order valence-electron chi connectivity index (χ4n) is 9.91. The lowest BCUT2D eigenvalue weighted by molar-refractivity contribution is -0.291. The van der Waals surface area contributed by atoms with Crippen LogP contribution < -0.4 is 4.74 Å². The number of ether oxygens (including phenoxy) is 2. The van der Waals surface area contributed by atoms with Crippen LogP contribution in [-0.4, -0.2) is 52.6 Å². The number of methoxy groups -OCH3 is 1. The number of hydrogen-bond donors (Lipinski definition) is 2. The van der Waals surface area contributed by atoms with Gasteiger partial charge < -0.3 is 19.7 Å². The van der Waals surface area contributed by atoms with Gasteiger partial charge in [0.2, 0.25) is 0 Å². The molecule has 5 aliphatic carbocycles. The molecule has 2 unspecified atom stereocenters. The third-order valence-electron chi connectivity index (χ3n) is 11.3. The molecule has 5 heteroatoms. The Morgan fingerprint density at radius 2 is 1.94 bits per heavy atom. The molecular formula is C30H35NO4. The maximum absolute atomic E-state index is 11.9. The fraction of sp³-hybridized carbons (Fsp3) is 0.600. The van der Waals surface area contributed by atoms with Crippen molar-refractivity contribution in [3.05, 3.63) is 58.7 Å². The number of likely N-dealkylation sites (tertiary alicyclic amines) is 1. The zero-order valence-electron chi connectivity index (χ0n) is 20.7. The van der Waals surface area contributed by atoms with Gasteiger partial charge in [-0.3, -0.25) is 4.90 Å². The van der Waals surface area contributed by atoms with Gasteiger partial charge in [0.05, 0.1) is 6.10 Å². The minimum absolute atomic E-state index is 0.0255. The second kappa shape index (κ2) is 6.62. The summed E-state index contributed by atoms with van der Waals surface area (Å²) in [6, 6.07) is 13.2. The van der Waals surface area contributed by atoms with Crippen molar-refractivity contribution in [2.45, 2.75) is 87.2 Å². The normalized spacial score (nSPS) is 41.4. The Kier molecular flexibility index (Phi) is 3.98. The first-order valence-corrected chi connectivity index (χ1v) is 13.5. The molecular weight excluding hydrogens is 438 g/mol. The highest BCUT2D eigenvalue weighted by Gasteiger charge is 2.81. The number of piperidine rings is 1. The van der Waals surface area contributed by atoms with E-state index in [0.29, 0.717) is 17.8 Å². The van der Waals surface area contributed by atoms with Gasteiger partial charge in [-0.1, -0.05) is 30.3 Å². The number of fused-ring (bicyclic) bond motifs is 2. The van der Waals surface area contributed by atoms with Crippen molar-refractivity contribution in [3.63, 3.8) is 0 Å². The molecule has 2 aliphatic heterocycles. The van der Waals surface area contributed by atoms with Crippen molar-refractivity contribution in [3.8, 4) is 11.5 Å². The van der Waals surface area contributed by atoms with Gasteiger partial charge >= 0.3 is 0 Å². The van der Waals surface area contributed by atoms with Crippen LogP contribution in [0.25, 0.3) is 0 Å². The Bertz CT molecular complexity index is 1230. The number of aryl methyl sites for hydroxylation is 1. The van der Waals surface area contributed by atoms with Crippen molar-refractivity contribution in [2.24, 2.45) is 11.3 Å². The first-order valence-electron chi connectivity index (χ1n) is 13.5. The molecule has 2 aromatic carbocycles. The lowest BCUT2D eigenvalue weighted by atomic mass is 9.34. The minimum Gasteiger partial charge on any atom is -0.504 e. The maximum Gasteiger partial charge on any atom is 0.165 e. The van der Waals surface area contributed by atoms with Gasteiger partial charge in [0.1, 0.15) is 11.7 Å². The second-order valence-electron chi connectivity index (χ2n) is 12.3. The van der Waals surface area contributed by atoms with Crippen LogP contribution in [0.5, 0.6) is 11.5 Å². The fourth-order valence-corrected chi connectivity index (χ4v) is 9.91. The van der Waals surface area contributed by atoms with E-state index in [-0.39, 0.29) is 28.6 Å². The van der Waals surface area contributed by atoms with Crippen LogP contribution in [0, 0.1) is 18.3 Å². The average molecular weight is 474 g/mol.